The number of aromatic nitrogens is 1. The highest BCUT2D eigenvalue weighted by Crippen LogP contribution is 2.32. The van der Waals surface area contributed by atoms with E-state index in [0.717, 1.165) is 36.6 Å². The molecule has 0 spiro atoms. The van der Waals surface area contributed by atoms with Crippen LogP contribution in [0.2, 0.25) is 0 Å². The Morgan fingerprint density at radius 1 is 1.38 bits per heavy atom. The van der Waals surface area contributed by atoms with Crippen molar-refractivity contribution >= 4 is 5.91 Å². The van der Waals surface area contributed by atoms with Crippen LogP contribution in [0.1, 0.15) is 36.8 Å². The van der Waals surface area contributed by atoms with Gasteiger partial charge in [-0.2, -0.15) is 0 Å². The smallest absolute Gasteiger partial charge is 0.226 e. The molecule has 24 heavy (non-hydrogen) atoms. The molecule has 0 radical (unpaired) electrons. The number of likely N-dealkylation sites (tertiary alicyclic amines) is 1. The van der Waals surface area contributed by atoms with E-state index >= 15 is 0 Å². The molecule has 1 unspecified atom stereocenters. The van der Waals surface area contributed by atoms with Gasteiger partial charge in [0, 0.05) is 18.7 Å². The van der Waals surface area contributed by atoms with E-state index in [0.29, 0.717) is 18.8 Å². The van der Waals surface area contributed by atoms with Gasteiger partial charge >= 0.3 is 0 Å². The maximum atomic E-state index is 12.5. The molecule has 0 aliphatic carbocycles. The molecule has 0 saturated carbocycles. The predicted molar refractivity (Wildman–Crippen MR) is 88.0 cm³/mol. The molecule has 2 aromatic rings. The van der Waals surface area contributed by atoms with E-state index in [4.69, 9.17) is 14.0 Å². The normalized spacial score (nSPS) is 17.1. The summed E-state index contributed by atoms with van der Waals surface area (Å²) in [5, 5.41) is 3.92. The second kappa shape index (κ2) is 7.38. The molecule has 1 aliphatic heterocycles. The van der Waals surface area contributed by atoms with Gasteiger partial charge < -0.3 is 18.9 Å². The Hall–Kier alpha value is -2.50. The van der Waals surface area contributed by atoms with Gasteiger partial charge in [-0.1, -0.05) is 11.2 Å². The van der Waals surface area contributed by atoms with Crippen LogP contribution in [0.5, 0.6) is 11.5 Å². The van der Waals surface area contributed by atoms with Crippen molar-refractivity contribution in [3.05, 3.63) is 41.8 Å². The molecule has 1 amide bonds. The van der Waals surface area contributed by atoms with Crippen molar-refractivity contribution in [3.8, 4) is 11.5 Å². The first-order valence-electron chi connectivity index (χ1n) is 8.17. The molecule has 1 atom stereocenters. The molecule has 1 aromatic carbocycles. The van der Waals surface area contributed by atoms with Gasteiger partial charge in [0.25, 0.3) is 0 Å². The van der Waals surface area contributed by atoms with E-state index in [9.17, 15) is 4.79 Å². The molecule has 6 heteroatoms. The van der Waals surface area contributed by atoms with Crippen LogP contribution in [0, 0.1) is 6.92 Å². The van der Waals surface area contributed by atoms with Gasteiger partial charge in [-0.3, -0.25) is 4.79 Å². The molecular weight excluding hydrogens is 308 g/mol. The van der Waals surface area contributed by atoms with Gasteiger partial charge in [-0.05, 0) is 31.9 Å². The molecule has 1 fully saturated rings. The van der Waals surface area contributed by atoms with Crippen LogP contribution >= 0.6 is 0 Å². The quantitative estimate of drug-likeness (QED) is 0.814. The van der Waals surface area contributed by atoms with E-state index in [2.05, 4.69) is 5.16 Å². The number of rotatable bonds is 6. The molecule has 1 aliphatic rings. The number of carbonyl (C=O) groups excluding carboxylic acids is 1. The molecule has 6 nitrogen and oxygen atoms in total. The zero-order valence-electron chi connectivity index (χ0n) is 14.0. The van der Waals surface area contributed by atoms with E-state index in [1.165, 1.54) is 0 Å². The fourth-order valence-electron chi connectivity index (χ4n) is 2.99. The van der Waals surface area contributed by atoms with Gasteiger partial charge in [0.05, 0.1) is 31.9 Å². The Morgan fingerprint density at radius 2 is 2.21 bits per heavy atom. The average Bonchev–Trinajstić information content (AvgIpc) is 3.23. The highest BCUT2D eigenvalue weighted by molar-refractivity contribution is 5.77. The largest absolute Gasteiger partial charge is 0.497 e. The number of benzene rings is 1. The van der Waals surface area contributed by atoms with E-state index < -0.39 is 0 Å². The lowest BCUT2D eigenvalue weighted by atomic mass is 10.1. The van der Waals surface area contributed by atoms with Crippen molar-refractivity contribution in [2.75, 3.05) is 20.3 Å². The Kier molecular flexibility index (Phi) is 5.03. The summed E-state index contributed by atoms with van der Waals surface area (Å²) in [6.07, 6.45) is 2.23. The Bertz CT molecular complexity index is 698. The summed E-state index contributed by atoms with van der Waals surface area (Å²) in [6.45, 7) is 2.98. The first-order valence-corrected chi connectivity index (χ1v) is 8.17. The Morgan fingerprint density at radius 3 is 2.96 bits per heavy atom. The molecular formula is C18H22N2O4. The Labute approximate surface area is 141 Å². The predicted octanol–water partition coefficient (Wildman–Crippen LogP) is 3.12. The summed E-state index contributed by atoms with van der Waals surface area (Å²) in [6, 6.07) is 9.27. The van der Waals surface area contributed by atoms with Gasteiger partial charge in [-0.25, -0.2) is 0 Å². The minimum atomic E-state index is -0.00415. The third-order valence-electron chi connectivity index (χ3n) is 4.17. The zero-order chi connectivity index (χ0) is 16.9. The third kappa shape index (κ3) is 3.69. The Balaban J connectivity index is 1.54. The number of carbonyl (C=O) groups is 1. The second-order valence-corrected chi connectivity index (χ2v) is 5.89. The summed E-state index contributed by atoms with van der Waals surface area (Å²) < 4.78 is 16.2. The second-order valence-electron chi connectivity index (χ2n) is 5.89. The van der Waals surface area contributed by atoms with Crippen molar-refractivity contribution in [2.24, 2.45) is 0 Å². The summed E-state index contributed by atoms with van der Waals surface area (Å²) in [5.41, 5.74) is 0.839. The van der Waals surface area contributed by atoms with Crippen LogP contribution in [0.15, 0.2) is 34.9 Å². The number of aryl methyl sites for hydroxylation is 1. The summed E-state index contributed by atoms with van der Waals surface area (Å²) in [7, 11) is 1.61. The highest BCUT2D eigenvalue weighted by Gasteiger charge is 2.32. The summed E-state index contributed by atoms with van der Waals surface area (Å²) in [4.78, 5) is 14.4. The van der Waals surface area contributed by atoms with Crippen LogP contribution in [-0.2, 0) is 4.79 Å². The van der Waals surface area contributed by atoms with Gasteiger partial charge in [0.2, 0.25) is 5.91 Å². The summed E-state index contributed by atoms with van der Waals surface area (Å²) >= 11 is 0. The van der Waals surface area contributed by atoms with Crippen LogP contribution in [0.25, 0.3) is 0 Å². The first-order chi connectivity index (χ1) is 11.7. The molecule has 3 rings (SSSR count). The monoisotopic (exact) mass is 330 g/mol. The van der Waals surface area contributed by atoms with Gasteiger partial charge in [0.1, 0.15) is 11.5 Å². The van der Waals surface area contributed by atoms with E-state index in [1.807, 2.05) is 36.1 Å². The number of hydrogen-bond acceptors (Lipinski definition) is 5. The minimum absolute atomic E-state index is 0.00415. The number of amides is 1. The van der Waals surface area contributed by atoms with E-state index in [-0.39, 0.29) is 11.9 Å². The third-order valence-corrected chi connectivity index (χ3v) is 4.17. The van der Waals surface area contributed by atoms with Crippen molar-refractivity contribution < 1.29 is 18.8 Å². The zero-order valence-corrected chi connectivity index (χ0v) is 14.0. The molecule has 0 bridgehead atoms. The standard InChI is InChI=1S/C18H22N2O4/c1-13-11-17(24-19-13)16-7-4-9-20(16)18(21)8-10-23-15-6-3-5-14(12-15)22-2/h3,5-6,11-12,16H,4,7-10H2,1-2H3. The van der Waals surface area contributed by atoms with Gasteiger partial charge in [-0.15, -0.1) is 0 Å². The number of methoxy groups -OCH3 is 1. The van der Waals surface area contributed by atoms with Crippen LogP contribution in [0.3, 0.4) is 0 Å². The van der Waals surface area contributed by atoms with Crippen molar-refractivity contribution in [1.82, 2.24) is 10.1 Å². The molecule has 2 heterocycles. The minimum Gasteiger partial charge on any atom is -0.497 e. The van der Waals surface area contributed by atoms with E-state index in [1.54, 1.807) is 13.2 Å². The first kappa shape index (κ1) is 16.4. The topological polar surface area (TPSA) is 64.8 Å². The SMILES string of the molecule is COc1cccc(OCCC(=O)N2CCCC2c2cc(C)no2)c1. The lowest BCUT2D eigenvalue weighted by Crippen LogP contribution is -2.31. The van der Waals surface area contributed by atoms with Crippen LogP contribution < -0.4 is 9.47 Å². The molecule has 1 saturated heterocycles. The van der Waals surface area contributed by atoms with Crippen molar-refractivity contribution in [2.45, 2.75) is 32.2 Å². The maximum absolute atomic E-state index is 12.5. The number of nitrogens with zero attached hydrogens (tertiary/aromatic N) is 2. The van der Waals surface area contributed by atoms with Crippen LogP contribution in [0.4, 0.5) is 0 Å². The maximum Gasteiger partial charge on any atom is 0.226 e. The summed E-state index contributed by atoms with van der Waals surface area (Å²) in [5.74, 6) is 2.28. The fraction of sp³-hybridized carbons (Fsp3) is 0.444. The lowest BCUT2D eigenvalue weighted by Gasteiger charge is -2.22. The van der Waals surface area contributed by atoms with Crippen molar-refractivity contribution in [1.29, 1.82) is 0 Å². The molecule has 1 aromatic heterocycles. The number of hydrogen-bond donors (Lipinski definition) is 0. The number of ether oxygens (including phenoxy) is 2. The van der Waals surface area contributed by atoms with Crippen LogP contribution in [-0.4, -0.2) is 36.2 Å². The van der Waals surface area contributed by atoms with Crippen molar-refractivity contribution in [3.63, 3.8) is 0 Å². The lowest BCUT2D eigenvalue weighted by molar-refractivity contribution is -0.133. The molecule has 0 N–H and O–H groups in total. The fourth-order valence-corrected chi connectivity index (χ4v) is 2.99. The molecule has 128 valence electrons. The average molecular weight is 330 g/mol. The van der Waals surface area contributed by atoms with Gasteiger partial charge in [0.15, 0.2) is 5.76 Å². The highest BCUT2D eigenvalue weighted by atomic mass is 16.5.